The number of halogens is 1. The third-order valence-electron chi connectivity index (χ3n) is 4.99. The first-order valence-corrected chi connectivity index (χ1v) is 9.46. The molecule has 7 heteroatoms. The minimum atomic E-state index is -0.0838. The first-order chi connectivity index (χ1) is 13.1. The first-order valence-electron chi connectivity index (χ1n) is 9.08. The molecular formula is C20H21ClN4O2. The summed E-state index contributed by atoms with van der Waals surface area (Å²) in [6.45, 7) is 3.94. The van der Waals surface area contributed by atoms with Crippen LogP contribution in [0.25, 0.3) is 11.1 Å². The van der Waals surface area contributed by atoms with Gasteiger partial charge in [0.05, 0.1) is 5.92 Å². The quantitative estimate of drug-likeness (QED) is 0.742. The van der Waals surface area contributed by atoms with Crippen LogP contribution in [0.4, 0.5) is 6.01 Å². The molecular weight excluding hydrogens is 364 g/mol. The molecule has 0 spiro atoms. The highest BCUT2D eigenvalue weighted by Crippen LogP contribution is 2.28. The number of hydrogen-bond donors (Lipinski definition) is 1. The Bertz CT molecular complexity index is 972. The van der Waals surface area contributed by atoms with Crippen LogP contribution in [0.15, 0.2) is 41.1 Å². The van der Waals surface area contributed by atoms with Gasteiger partial charge in [-0.15, -0.1) is 0 Å². The van der Waals surface area contributed by atoms with Crippen molar-refractivity contribution >= 4 is 34.6 Å². The summed E-state index contributed by atoms with van der Waals surface area (Å²) >= 11 is 6.02. The molecule has 0 aliphatic carbocycles. The molecule has 4 rings (SSSR count). The van der Waals surface area contributed by atoms with Gasteiger partial charge in [-0.05, 0) is 55.2 Å². The maximum Gasteiger partial charge on any atom is 0.298 e. The van der Waals surface area contributed by atoms with Crippen LogP contribution in [0, 0.1) is 12.8 Å². The number of carbonyl (C=O) groups is 1. The number of anilines is 1. The lowest BCUT2D eigenvalue weighted by Crippen LogP contribution is -2.43. The lowest BCUT2D eigenvalue weighted by molar-refractivity contribution is -0.125. The summed E-state index contributed by atoms with van der Waals surface area (Å²) in [5.74, 6) is -0.0189. The van der Waals surface area contributed by atoms with Gasteiger partial charge in [-0.1, -0.05) is 11.6 Å². The number of amides is 1. The molecule has 0 saturated carbocycles. The van der Waals surface area contributed by atoms with E-state index in [2.05, 4.69) is 15.3 Å². The molecule has 0 radical (unpaired) electrons. The molecule has 1 aromatic carbocycles. The molecule has 140 valence electrons. The fraction of sp³-hybridized carbons (Fsp3) is 0.350. The molecule has 3 aromatic rings. The predicted octanol–water partition coefficient (Wildman–Crippen LogP) is 3.72. The molecule has 1 aliphatic heterocycles. The Labute approximate surface area is 162 Å². The van der Waals surface area contributed by atoms with Gasteiger partial charge >= 0.3 is 0 Å². The van der Waals surface area contributed by atoms with Gasteiger partial charge < -0.3 is 14.6 Å². The molecule has 1 amide bonds. The summed E-state index contributed by atoms with van der Waals surface area (Å²) in [5.41, 5.74) is 3.60. The average Bonchev–Trinajstić information content (AvgIpc) is 3.10. The molecule has 1 aliphatic rings. The van der Waals surface area contributed by atoms with Crippen molar-refractivity contribution in [3.63, 3.8) is 0 Å². The number of aromatic nitrogens is 2. The molecule has 1 N–H and O–H groups in total. The lowest BCUT2D eigenvalue weighted by Gasteiger charge is -2.30. The maximum absolute atomic E-state index is 12.7. The summed E-state index contributed by atoms with van der Waals surface area (Å²) in [7, 11) is 0. The number of piperidine rings is 1. The number of rotatable bonds is 4. The van der Waals surface area contributed by atoms with E-state index in [1.165, 1.54) is 0 Å². The Balaban J connectivity index is 1.42. The van der Waals surface area contributed by atoms with E-state index in [1.54, 1.807) is 18.3 Å². The first kappa shape index (κ1) is 17.8. The summed E-state index contributed by atoms with van der Waals surface area (Å²) in [6.07, 6.45) is 5.34. The fourth-order valence-corrected chi connectivity index (χ4v) is 3.58. The molecule has 0 bridgehead atoms. The van der Waals surface area contributed by atoms with E-state index in [1.807, 2.05) is 30.2 Å². The van der Waals surface area contributed by atoms with Gasteiger partial charge in [0.15, 0.2) is 5.58 Å². The second-order valence-corrected chi connectivity index (χ2v) is 7.35. The highest BCUT2D eigenvalue weighted by atomic mass is 35.5. The topological polar surface area (TPSA) is 71.3 Å². The van der Waals surface area contributed by atoms with Gasteiger partial charge in [0, 0.05) is 37.1 Å². The van der Waals surface area contributed by atoms with Crippen molar-refractivity contribution < 1.29 is 9.21 Å². The molecule has 1 atom stereocenters. The third kappa shape index (κ3) is 3.90. The van der Waals surface area contributed by atoms with Crippen molar-refractivity contribution in [1.82, 2.24) is 15.3 Å². The SMILES string of the molecule is Cc1cnccc1CNC(=O)C1CCCN(c2nc3cc(Cl)ccc3o2)C1. The van der Waals surface area contributed by atoms with Crippen molar-refractivity contribution in [3.8, 4) is 0 Å². The smallest absolute Gasteiger partial charge is 0.298 e. The zero-order valence-corrected chi connectivity index (χ0v) is 15.9. The fourth-order valence-electron chi connectivity index (χ4n) is 3.42. The third-order valence-corrected chi connectivity index (χ3v) is 5.23. The molecule has 1 saturated heterocycles. The molecule has 27 heavy (non-hydrogen) atoms. The molecule has 6 nitrogen and oxygen atoms in total. The van der Waals surface area contributed by atoms with Gasteiger partial charge in [0.2, 0.25) is 5.91 Å². The number of benzene rings is 1. The van der Waals surface area contributed by atoms with Crippen LogP contribution in [0.5, 0.6) is 0 Å². The zero-order chi connectivity index (χ0) is 18.8. The number of fused-ring (bicyclic) bond motifs is 1. The Kier molecular flexibility index (Phi) is 4.99. The Morgan fingerprint density at radius 3 is 3.15 bits per heavy atom. The number of nitrogens with zero attached hydrogens (tertiary/aromatic N) is 3. The summed E-state index contributed by atoms with van der Waals surface area (Å²) in [4.78, 5) is 23.3. The van der Waals surface area contributed by atoms with Crippen LogP contribution in [-0.4, -0.2) is 29.0 Å². The number of hydrogen-bond acceptors (Lipinski definition) is 5. The normalized spacial score (nSPS) is 17.3. The van der Waals surface area contributed by atoms with E-state index in [4.69, 9.17) is 16.0 Å². The van der Waals surface area contributed by atoms with E-state index in [-0.39, 0.29) is 11.8 Å². The molecule has 1 unspecified atom stereocenters. The zero-order valence-electron chi connectivity index (χ0n) is 15.1. The van der Waals surface area contributed by atoms with Crippen molar-refractivity contribution in [2.24, 2.45) is 5.92 Å². The highest BCUT2D eigenvalue weighted by molar-refractivity contribution is 6.31. The second kappa shape index (κ2) is 7.56. The monoisotopic (exact) mass is 384 g/mol. The van der Waals surface area contributed by atoms with Crippen LogP contribution in [0.2, 0.25) is 5.02 Å². The van der Waals surface area contributed by atoms with Crippen molar-refractivity contribution in [1.29, 1.82) is 0 Å². The Morgan fingerprint density at radius 1 is 1.41 bits per heavy atom. The van der Waals surface area contributed by atoms with Crippen molar-refractivity contribution in [2.45, 2.75) is 26.3 Å². The minimum Gasteiger partial charge on any atom is -0.423 e. The van der Waals surface area contributed by atoms with Crippen LogP contribution in [0.1, 0.15) is 24.0 Å². The van der Waals surface area contributed by atoms with E-state index >= 15 is 0 Å². The molecule has 3 heterocycles. The standard InChI is InChI=1S/C20H21ClN4O2/c1-13-10-22-7-6-14(13)11-23-19(26)15-3-2-8-25(12-15)20-24-17-9-16(21)4-5-18(17)27-20/h4-7,9-10,15H,2-3,8,11-12H2,1H3,(H,23,26). The van der Waals surface area contributed by atoms with Gasteiger partial charge in [-0.2, -0.15) is 4.98 Å². The van der Waals surface area contributed by atoms with Gasteiger partial charge in [-0.25, -0.2) is 0 Å². The summed E-state index contributed by atoms with van der Waals surface area (Å²) in [6, 6.07) is 7.88. The van der Waals surface area contributed by atoms with Gasteiger partial charge in [0.25, 0.3) is 6.01 Å². The van der Waals surface area contributed by atoms with Gasteiger partial charge in [-0.3, -0.25) is 9.78 Å². The number of aryl methyl sites for hydroxylation is 1. The predicted molar refractivity (Wildman–Crippen MR) is 105 cm³/mol. The summed E-state index contributed by atoms with van der Waals surface area (Å²) in [5, 5.41) is 3.68. The second-order valence-electron chi connectivity index (χ2n) is 6.91. The number of pyridine rings is 1. The van der Waals surface area contributed by atoms with Crippen molar-refractivity contribution in [3.05, 3.63) is 52.8 Å². The highest BCUT2D eigenvalue weighted by Gasteiger charge is 2.28. The van der Waals surface area contributed by atoms with E-state index in [9.17, 15) is 4.79 Å². The molecule has 2 aromatic heterocycles. The Hall–Kier alpha value is -2.60. The maximum atomic E-state index is 12.7. The number of oxazole rings is 1. The van der Waals surface area contributed by atoms with Crippen LogP contribution in [-0.2, 0) is 11.3 Å². The Morgan fingerprint density at radius 2 is 2.30 bits per heavy atom. The van der Waals surface area contributed by atoms with Crippen LogP contribution < -0.4 is 10.2 Å². The van der Waals surface area contributed by atoms with E-state index in [0.717, 1.165) is 36.0 Å². The van der Waals surface area contributed by atoms with Crippen LogP contribution in [0.3, 0.4) is 0 Å². The van der Waals surface area contributed by atoms with Crippen LogP contribution >= 0.6 is 11.6 Å². The van der Waals surface area contributed by atoms with E-state index < -0.39 is 0 Å². The molecule has 1 fully saturated rings. The number of carbonyl (C=O) groups excluding carboxylic acids is 1. The largest absolute Gasteiger partial charge is 0.423 e. The van der Waals surface area contributed by atoms with Gasteiger partial charge in [0.1, 0.15) is 5.52 Å². The average molecular weight is 385 g/mol. The lowest BCUT2D eigenvalue weighted by atomic mass is 9.97. The van der Waals surface area contributed by atoms with Crippen molar-refractivity contribution in [2.75, 3.05) is 18.0 Å². The summed E-state index contributed by atoms with van der Waals surface area (Å²) < 4.78 is 5.85. The van der Waals surface area contributed by atoms with E-state index in [0.29, 0.717) is 29.7 Å². The minimum absolute atomic E-state index is 0.0649. The number of nitrogens with one attached hydrogen (secondary N) is 1.